The Bertz CT molecular complexity index is 811. The lowest BCUT2D eigenvalue weighted by Crippen LogP contribution is -2.26. The number of carbonyl (C=O) groups excluding carboxylic acids is 1. The van der Waals surface area contributed by atoms with E-state index in [-0.39, 0.29) is 23.2 Å². The fourth-order valence-electron chi connectivity index (χ4n) is 2.30. The number of nitrogens with zero attached hydrogens (tertiary/aromatic N) is 4. The van der Waals surface area contributed by atoms with Crippen molar-refractivity contribution in [3.63, 3.8) is 0 Å². The van der Waals surface area contributed by atoms with Crippen LogP contribution in [0, 0.1) is 12.7 Å². The van der Waals surface area contributed by atoms with Crippen molar-refractivity contribution in [3.05, 3.63) is 41.0 Å². The van der Waals surface area contributed by atoms with Crippen LogP contribution in [0.1, 0.15) is 41.5 Å². The van der Waals surface area contributed by atoms with Crippen LogP contribution in [0.2, 0.25) is 0 Å². The molecule has 0 spiro atoms. The van der Waals surface area contributed by atoms with Gasteiger partial charge in [0.2, 0.25) is 0 Å². The van der Waals surface area contributed by atoms with Crippen LogP contribution in [0.25, 0.3) is 5.69 Å². The summed E-state index contributed by atoms with van der Waals surface area (Å²) in [6, 6.07) is 4.30. The highest BCUT2D eigenvalue weighted by atomic mass is 19.1. The number of hydrogen-bond acceptors (Lipinski definition) is 5. The highest BCUT2D eigenvalue weighted by Gasteiger charge is 2.26. The molecule has 1 N–H and O–H groups in total. The van der Waals surface area contributed by atoms with E-state index in [0.717, 1.165) is 12.8 Å². The molecule has 0 unspecified atom stereocenters. The summed E-state index contributed by atoms with van der Waals surface area (Å²) in [7, 11) is 0. The van der Waals surface area contributed by atoms with E-state index in [9.17, 15) is 14.3 Å². The normalized spacial score (nSPS) is 14.7. The highest BCUT2D eigenvalue weighted by Crippen LogP contribution is 2.20. The number of hydrogen-bond donors (Lipinski definition) is 1. The number of aromatic nitrogens is 3. The van der Waals surface area contributed by atoms with Crippen LogP contribution in [0.5, 0.6) is 0 Å². The van der Waals surface area contributed by atoms with Crippen LogP contribution in [-0.4, -0.2) is 39.4 Å². The first kappa shape index (κ1) is 16.1. The van der Waals surface area contributed by atoms with Gasteiger partial charge in [0.15, 0.2) is 5.69 Å². The second-order valence-electron chi connectivity index (χ2n) is 5.63. The molecule has 2 aromatic rings. The number of rotatable bonds is 5. The van der Waals surface area contributed by atoms with E-state index in [1.165, 1.54) is 16.8 Å². The summed E-state index contributed by atoms with van der Waals surface area (Å²) in [5.41, 5.74) is 1.01. The van der Waals surface area contributed by atoms with Gasteiger partial charge in [-0.05, 0) is 44.7 Å². The average Bonchev–Trinajstić information content (AvgIpc) is 3.27. The van der Waals surface area contributed by atoms with E-state index in [1.54, 1.807) is 19.9 Å². The molecule has 1 fully saturated rings. The van der Waals surface area contributed by atoms with E-state index in [1.807, 2.05) is 0 Å². The number of carbonyl (C=O) groups is 1. The molecular formula is C16H17FN5O2-. The molecule has 1 amide bonds. The minimum absolute atomic E-state index is 0.0925. The van der Waals surface area contributed by atoms with Crippen molar-refractivity contribution < 1.29 is 14.3 Å². The van der Waals surface area contributed by atoms with E-state index < -0.39 is 11.7 Å². The van der Waals surface area contributed by atoms with Gasteiger partial charge in [0, 0.05) is 24.2 Å². The largest absolute Gasteiger partial charge is 0.858 e. The van der Waals surface area contributed by atoms with Crippen molar-refractivity contribution in [1.82, 2.24) is 20.3 Å². The molecule has 1 aliphatic rings. The summed E-state index contributed by atoms with van der Waals surface area (Å²) in [6.45, 7) is 3.68. The summed E-state index contributed by atoms with van der Waals surface area (Å²) in [5.74, 6) is -1.56. The maximum absolute atomic E-state index is 14.2. The minimum atomic E-state index is -0.686. The van der Waals surface area contributed by atoms with Gasteiger partial charge < -0.3 is 15.4 Å². The monoisotopic (exact) mass is 330 g/mol. The van der Waals surface area contributed by atoms with E-state index >= 15 is 0 Å². The lowest BCUT2D eigenvalue weighted by molar-refractivity contribution is -0.213. The average molecular weight is 330 g/mol. The number of aliphatic imine (C=N–C) groups is 1. The third-order valence-electron chi connectivity index (χ3n) is 3.75. The molecule has 3 rings (SSSR count). The topological polar surface area (TPSA) is 95.2 Å². The lowest BCUT2D eigenvalue weighted by Gasteiger charge is -2.12. The number of halogens is 1. The van der Waals surface area contributed by atoms with E-state index in [4.69, 9.17) is 0 Å². The van der Waals surface area contributed by atoms with Gasteiger partial charge in [-0.15, -0.1) is 5.10 Å². The van der Waals surface area contributed by atoms with Crippen molar-refractivity contribution in [2.45, 2.75) is 32.7 Å². The van der Waals surface area contributed by atoms with Crippen LogP contribution in [-0.2, 0) is 0 Å². The SMILES string of the molecule is CCN=C([O-])c1ccc(-n2nnc(C(=O)NC3CC3)c2C)cc1F. The Labute approximate surface area is 138 Å². The Morgan fingerprint density at radius 2 is 2.25 bits per heavy atom. The van der Waals surface area contributed by atoms with Crippen molar-refractivity contribution in [2.75, 3.05) is 6.54 Å². The van der Waals surface area contributed by atoms with Gasteiger partial charge in [0.05, 0.1) is 11.4 Å². The van der Waals surface area contributed by atoms with Gasteiger partial charge in [0.1, 0.15) is 5.82 Å². The Hall–Kier alpha value is -2.77. The zero-order chi connectivity index (χ0) is 17.3. The molecule has 1 heterocycles. The first-order valence-electron chi connectivity index (χ1n) is 7.76. The summed E-state index contributed by atoms with van der Waals surface area (Å²) >= 11 is 0. The molecule has 126 valence electrons. The molecule has 8 heteroatoms. The quantitative estimate of drug-likeness (QED) is 0.646. The molecule has 1 saturated carbocycles. The van der Waals surface area contributed by atoms with Gasteiger partial charge in [-0.25, -0.2) is 9.07 Å². The van der Waals surface area contributed by atoms with Crippen LogP contribution in [0.3, 0.4) is 0 Å². The van der Waals surface area contributed by atoms with Crippen molar-refractivity contribution >= 4 is 11.8 Å². The smallest absolute Gasteiger partial charge is 0.273 e. The van der Waals surface area contributed by atoms with Gasteiger partial charge in [0.25, 0.3) is 5.91 Å². The molecular weight excluding hydrogens is 313 g/mol. The fraction of sp³-hybridized carbons (Fsp3) is 0.375. The van der Waals surface area contributed by atoms with Crippen LogP contribution in [0.15, 0.2) is 23.2 Å². The summed E-state index contributed by atoms with van der Waals surface area (Å²) in [6.07, 6.45) is 1.95. The Kier molecular flexibility index (Phi) is 4.28. The minimum Gasteiger partial charge on any atom is -0.858 e. The summed E-state index contributed by atoms with van der Waals surface area (Å²) in [5, 5.41) is 22.3. The van der Waals surface area contributed by atoms with Gasteiger partial charge in [-0.2, -0.15) is 0 Å². The molecule has 1 aromatic heterocycles. The predicted molar refractivity (Wildman–Crippen MR) is 83.6 cm³/mol. The van der Waals surface area contributed by atoms with Gasteiger partial charge >= 0.3 is 0 Å². The van der Waals surface area contributed by atoms with Crippen molar-refractivity contribution in [2.24, 2.45) is 4.99 Å². The first-order valence-corrected chi connectivity index (χ1v) is 7.76. The van der Waals surface area contributed by atoms with Crippen LogP contribution in [0.4, 0.5) is 4.39 Å². The fourth-order valence-corrected chi connectivity index (χ4v) is 2.30. The number of nitrogens with one attached hydrogen (secondary N) is 1. The molecule has 0 bridgehead atoms. The maximum Gasteiger partial charge on any atom is 0.273 e. The van der Waals surface area contributed by atoms with Crippen molar-refractivity contribution in [1.29, 1.82) is 0 Å². The van der Waals surface area contributed by atoms with Crippen molar-refractivity contribution in [3.8, 4) is 5.69 Å². The molecule has 7 nitrogen and oxygen atoms in total. The van der Waals surface area contributed by atoms with Gasteiger partial charge in [-0.1, -0.05) is 5.21 Å². The van der Waals surface area contributed by atoms with E-state index in [2.05, 4.69) is 20.6 Å². The molecule has 0 radical (unpaired) electrons. The van der Waals surface area contributed by atoms with E-state index in [0.29, 0.717) is 17.9 Å². The third-order valence-corrected chi connectivity index (χ3v) is 3.75. The second-order valence-corrected chi connectivity index (χ2v) is 5.63. The molecule has 1 aliphatic carbocycles. The Morgan fingerprint density at radius 3 is 2.88 bits per heavy atom. The van der Waals surface area contributed by atoms with Crippen LogP contribution >= 0.6 is 0 Å². The predicted octanol–water partition coefficient (Wildman–Crippen LogP) is 0.734. The molecule has 0 saturated heterocycles. The zero-order valence-corrected chi connectivity index (χ0v) is 13.4. The zero-order valence-electron chi connectivity index (χ0n) is 13.4. The Morgan fingerprint density at radius 1 is 1.50 bits per heavy atom. The maximum atomic E-state index is 14.2. The first-order chi connectivity index (χ1) is 11.5. The lowest BCUT2D eigenvalue weighted by atomic mass is 10.2. The standard InChI is InChI=1S/C16H18FN5O2/c1-3-18-15(23)12-7-6-11(8-13(12)17)22-9(2)14(20-21-22)16(24)19-10-4-5-10/h6-8,10H,3-5H2,1-2H3,(H,18,23)(H,19,24)/p-1. The number of benzene rings is 1. The second kappa shape index (κ2) is 6.38. The Balaban J connectivity index is 1.89. The third kappa shape index (κ3) is 3.12. The molecule has 0 aliphatic heterocycles. The summed E-state index contributed by atoms with van der Waals surface area (Å²) < 4.78 is 15.5. The highest BCUT2D eigenvalue weighted by molar-refractivity contribution is 5.93. The van der Waals surface area contributed by atoms with Crippen LogP contribution < -0.4 is 10.4 Å². The number of amides is 1. The molecule has 1 aromatic carbocycles. The van der Waals surface area contributed by atoms with Gasteiger partial charge in [-0.3, -0.25) is 4.79 Å². The summed E-state index contributed by atoms with van der Waals surface area (Å²) in [4.78, 5) is 15.8. The molecule has 24 heavy (non-hydrogen) atoms. The molecule has 0 atom stereocenters.